The third-order valence-corrected chi connectivity index (χ3v) is 4.23. The number of rotatable bonds is 5. The van der Waals surface area contributed by atoms with Gasteiger partial charge in [-0.2, -0.15) is 10.1 Å². The number of nitrogens with one attached hydrogen (secondary N) is 1. The molecule has 7 nitrogen and oxygen atoms in total. The number of anilines is 1. The van der Waals surface area contributed by atoms with Crippen LogP contribution in [0.3, 0.4) is 0 Å². The molecule has 0 aliphatic rings. The fourth-order valence-electron chi connectivity index (χ4n) is 3.06. The van der Waals surface area contributed by atoms with E-state index in [2.05, 4.69) is 50.2 Å². The van der Waals surface area contributed by atoms with Crippen molar-refractivity contribution in [1.29, 1.82) is 0 Å². The van der Waals surface area contributed by atoms with Crippen molar-refractivity contribution in [3.63, 3.8) is 0 Å². The SMILES string of the molecule is CC(C)Cn1c2ccccc2c2nnc(N/N=C/c3ccccc3O)nc21. The molecule has 0 aliphatic heterocycles. The molecule has 0 radical (unpaired) electrons. The van der Waals surface area contributed by atoms with Crippen LogP contribution in [0.5, 0.6) is 5.75 Å². The fraction of sp³-hybridized carbons (Fsp3) is 0.200. The van der Waals surface area contributed by atoms with E-state index in [4.69, 9.17) is 0 Å². The van der Waals surface area contributed by atoms with Gasteiger partial charge in [0, 0.05) is 17.5 Å². The van der Waals surface area contributed by atoms with Crippen LogP contribution in [0.4, 0.5) is 5.95 Å². The van der Waals surface area contributed by atoms with Crippen LogP contribution in [0.1, 0.15) is 19.4 Å². The lowest BCUT2D eigenvalue weighted by molar-refractivity contribution is 0.474. The highest BCUT2D eigenvalue weighted by Gasteiger charge is 2.15. The van der Waals surface area contributed by atoms with Gasteiger partial charge in [0.2, 0.25) is 0 Å². The van der Waals surface area contributed by atoms with Crippen molar-refractivity contribution in [3.05, 3.63) is 54.1 Å². The van der Waals surface area contributed by atoms with Gasteiger partial charge in [0.15, 0.2) is 5.65 Å². The van der Waals surface area contributed by atoms with Gasteiger partial charge in [-0.15, -0.1) is 10.2 Å². The molecular weight excluding hydrogens is 340 g/mol. The van der Waals surface area contributed by atoms with Gasteiger partial charge in [0.05, 0.1) is 11.7 Å². The largest absolute Gasteiger partial charge is 0.507 e. The minimum absolute atomic E-state index is 0.162. The van der Waals surface area contributed by atoms with Gasteiger partial charge in [-0.25, -0.2) is 5.43 Å². The van der Waals surface area contributed by atoms with E-state index >= 15 is 0 Å². The van der Waals surface area contributed by atoms with Crippen LogP contribution in [0, 0.1) is 5.92 Å². The molecule has 0 spiro atoms. The number of nitrogens with zero attached hydrogens (tertiary/aromatic N) is 5. The maximum Gasteiger partial charge on any atom is 0.265 e. The summed E-state index contributed by atoms with van der Waals surface area (Å²) >= 11 is 0. The summed E-state index contributed by atoms with van der Waals surface area (Å²) < 4.78 is 2.17. The number of para-hydroxylation sites is 2. The van der Waals surface area contributed by atoms with Gasteiger partial charge in [0.1, 0.15) is 11.3 Å². The molecule has 0 fully saturated rings. The molecule has 7 heteroatoms. The number of hydrogen-bond donors (Lipinski definition) is 2. The maximum atomic E-state index is 9.78. The van der Waals surface area contributed by atoms with Crippen LogP contribution in [0.25, 0.3) is 22.1 Å². The summed E-state index contributed by atoms with van der Waals surface area (Å²) in [7, 11) is 0. The number of aromatic nitrogens is 4. The molecule has 0 atom stereocenters. The summed E-state index contributed by atoms with van der Waals surface area (Å²) in [6.45, 7) is 5.18. The molecular formula is C20H20N6O. The van der Waals surface area contributed by atoms with E-state index < -0.39 is 0 Å². The van der Waals surface area contributed by atoms with Crippen molar-refractivity contribution >= 4 is 34.2 Å². The Hall–Kier alpha value is -3.48. The molecule has 0 saturated heterocycles. The Morgan fingerprint density at radius 1 is 1.11 bits per heavy atom. The standard InChI is InChI=1S/C20H20N6O/c1-13(2)12-26-16-9-5-4-8-15(16)18-19(26)22-20(25-23-18)24-21-11-14-7-3-6-10-17(14)27/h3-11,13,27H,12H2,1-2H3,(H,22,24,25)/b21-11+. The monoisotopic (exact) mass is 360 g/mol. The molecule has 0 unspecified atom stereocenters. The van der Waals surface area contributed by atoms with Crippen LogP contribution < -0.4 is 5.43 Å². The lowest BCUT2D eigenvalue weighted by Crippen LogP contribution is -2.06. The highest BCUT2D eigenvalue weighted by Crippen LogP contribution is 2.27. The van der Waals surface area contributed by atoms with Crippen LogP contribution in [-0.2, 0) is 6.54 Å². The summed E-state index contributed by atoms with van der Waals surface area (Å²) in [5, 5.41) is 23.4. The van der Waals surface area contributed by atoms with Crippen LogP contribution in [0.2, 0.25) is 0 Å². The van der Waals surface area contributed by atoms with Crippen LogP contribution in [0.15, 0.2) is 53.6 Å². The minimum Gasteiger partial charge on any atom is -0.507 e. The van der Waals surface area contributed by atoms with Crippen molar-refractivity contribution in [2.75, 3.05) is 5.43 Å². The summed E-state index contributed by atoms with van der Waals surface area (Å²) in [6, 6.07) is 15.1. The average molecular weight is 360 g/mol. The predicted molar refractivity (Wildman–Crippen MR) is 107 cm³/mol. The fourth-order valence-corrected chi connectivity index (χ4v) is 3.06. The van der Waals surface area contributed by atoms with Gasteiger partial charge in [-0.3, -0.25) is 0 Å². The smallest absolute Gasteiger partial charge is 0.265 e. The average Bonchev–Trinajstić information content (AvgIpc) is 2.96. The Balaban J connectivity index is 1.71. The predicted octanol–water partition coefficient (Wildman–Crippen LogP) is 3.79. The lowest BCUT2D eigenvalue weighted by atomic mass is 10.2. The third kappa shape index (κ3) is 3.31. The van der Waals surface area contributed by atoms with Crippen molar-refractivity contribution in [1.82, 2.24) is 19.7 Å². The van der Waals surface area contributed by atoms with Crippen molar-refractivity contribution in [3.8, 4) is 5.75 Å². The molecule has 0 bridgehead atoms. The van der Waals surface area contributed by atoms with Crippen molar-refractivity contribution in [2.24, 2.45) is 11.0 Å². The normalized spacial score (nSPS) is 11.8. The molecule has 136 valence electrons. The molecule has 27 heavy (non-hydrogen) atoms. The van der Waals surface area contributed by atoms with Gasteiger partial charge < -0.3 is 9.67 Å². The van der Waals surface area contributed by atoms with E-state index in [1.165, 1.54) is 6.21 Å². The first-order valence-corrected chi connectivity index (χ1v) is 8.82. The number of aromatic hydroxyl groups is 1. The summed E-state index contributed by atoms with van der Waals surface area (Å²) in [6.07, 6.45) is 1.52. The van der Waals surface area contributed by atoms with E-state index in [1.807, 2.05) is 24.3 Å². The molecule has 2 aromatic carbocycles. The van der Waals surface area contributed by atoms with E-state index in [0.29, 0.717) is 17.4 Å². The summed E-state index contributed by atoms with van der Waals surface area (Å²) in [5.41, 5.74) is 6.05. The molecule has 2 N–H and O–H groups in total. The third-order valence-electron chi connectivity index (χ3n) is 4.23. The first-order chi connectivity index (χ1) is 13.1. The Kier molecular flexibility index (Phi) is 4.42. The van der Waals surface area contributed by atoms with Crippen molar-refractivity contribution < 1.29 is 5.11 Å². The summed E-state index contributed by atoms with van der Waals surface area (Å²) in [4.78, 5) is 4.62. The zero-order valence-corrected chi connectivity index (χ0v) is 15.2. The van der Waals surface area contributed by atoms with Gasteiger partial charge >= 0.3 is 0 Å². The molecule has 0 saturated carbocycles. The Morgan fingerprint density at radius 2 is 1.89 bits per heavy atom. The Bertz CT molecular complexity index is 1130. The van der Waals surface area contributed by atoms with E-state index in [-0.39, 0.29) is 5.75 Å². The van der Waals surface area contributed by atoms with Crippen molar-refractivity contribution in [2.45, 2.75) is 20.4 Å². The molecule has 0 amide bonds. The highest BCUT2D eigenvalue weighted by molar-refractivity contribution is 6.04. The number of benzene rings is 2. The molecule has 2 aromatic heterocycles. The van der Waals surface area contributed by atoms with Gasteiger partial charge in [0.25, 0.3) is 5.95 Å². The van der Waals surface area contributed by atoms with E-state index in [9.17, 15) is 5.11 Å². The Labute approximate surface area is 156 Å². The first kappa shape index (κ1) is 17.0. The number of hydrazone groups is 1. The second-order valence-corrected chi connectivity index (χ2v) is 6.76. The highest BCUT2D eigenvalue weighted by atomic mass is 16.3. The molecule has 4 aromatic rings. The second-order valence-electron chi connectivity index (χ2n) is 6.76. The first-order valence-electron chi connectivity index (χ1n) is 8.82. The zero-order valence-electron chi connectivity index (χ0n) is 15.2. The van der Waals surface area contributed by atoms with Crippen LogP contribution >= 0.6 is 0 Å². The number of hydrogen-bond acceptors (Lipinski definition) is 6. The van der Waals surface area contributed by atoms with Crippen LogP contribution in [-0.4, -0.2) is 31.1 Å². The number of fused-ring (bicyclic) bond motifs is 3. The lowest BCUT2D eigenvalue weighted by Gasteiger charge is -2.09. The van der Waals surface area contributed by atoms with Gasteiger partial charge in [-0.05, 0) is 24.1 Å². The van der Waals surface area contributed by atoms with E-state index in [1.54, 1.807) is 18.2 Å². The topological polar surface area (TPSA) is 88.2 Å². The van der Waals surface area contributed by atoms with Gasteiger partial charge in [-0.1, -0.05) is 44.2 Å². The number of phenols is 1. The molecule has 0 aliphatic carbocycles. The van der Waals surface area contributed by atoms with E-state index in [0.717, 1.165) is 28.6 Å². The second kappa shape index (κ2) is 7.03. The quantitative estimate of drug-likeness (QED) is 0.418. The molecule has 4 rings (SSSR count). The Morgan fingerprint density at radius 3 is 2.70 bits per heavy atom. The molecule has 2 heterocycles. The maximum absolute atomic E-state index is 9.78. The summed E-state index contributed by atoms with van der Waals surface area (Å²) in [5.74, 6) is 0.936. The zero-order chi connectivity index (χ0) is 18.8. The minimum atomic E-state index is 0.162. The number of phenolic OH excluding ortho intramolecular Hbond substituents is 1.